The molecule has 1 aliphatic heterocycles. The van der Waals surface area contributed by atoms with Gasteiger partial charge in [0.25, 0.3) is 5.91 Å². The number of nitrogens with one attached hydrogen (secondary N) is 2. The number of anilines is 2. The van der Waals surface area contributed by atoms with E-state index < -0.39 is 0 Å². The molecule has 1 amide bonds. The number of aromatic nitrogens is 1. The van der Waals surface area contributed by atoms with Crippen LogP contribution in [0.1, 0.15) is 71.1 Å². The van der Waals surface area contributed by atoms with Crippen molar-refractivity contribution in [3.8, 4) is 0 Å². The Balaban J connectivity index is 0.000000521. The van der Waals surface area contributed by atoms with Crippen LogP contribution < -0.4 is 15.5 Å². The van der Waals surface area contributed by atoms with E-state index in [-0.39, 0.29) is 5.91 Å². The number of allylic oxidation sites excluding steroid dienone is 1. The zero-order valence-electron chi connectivity index (χ0n) is 26.0. The molecule has 0 bridgehead atoms. The van der Waals surface area contributed by atoms with Crippen molar-refractivity contribution in [2.45, 2.75) is 59.3 Å². The molecule has 7 heteroatoms. The number of rotatable bonds is 14. The molecule has 0 saturated carbocycles. The van der Waals surface area contributed by atoms with Gasteiger partial charge in [-0.05, 0) is 81.7 Å². The fourth-order valence-electron chi connectivity index (χ4n) is 5.31. The molecule has 226 valence electrons. The second kappa shape index (κ2) is 17.4. The maximum Gasteiger partial charge on any atom is 0.251 e. The first-order chi connectivity index (χ1) is 20.4. The van der Waals surface area contributed by atoms with Crippen LogP contribution in [0.2, 0.25) is 0 Å². The van der Waals surface area contributed by atoms with Crippen LogP contribution in [0.5, 0.6) is 0 Å². The Morgan fingerprint density at radius 1 is 1.17 bits per heavy atom. The van der Waals surface area contributed by atoms with E-state index in [1.54, 1.807) is 11.3 Å². The molecule has 0 unspecified atom stereocenters. The van der Waals surface area contributed by atoms with Crippen molar-refractivity contribution in [2.24, 2.45) is 0 Å². The Morgan fingerprint density at radius 3 is 2.60 bits per heavy atom. The fraction of sp³-hybridized carbons (Fsp3) is 0.429. The maximum absolute atomic E-state index is 12.7. The number of likely N-dealkylation sites (tertiary alicyclic amines) is 1. The Kier molecular flexibility index (Phi) is 13.6. The second-order valence-electron chi connectivity index (χ2n) is 10.8. The van der Waals surface area contributed by atoms with Crippen molar-refractivity contribution in [3.63, 3.8) is 0 Å². The van der Waals surface area contributed by atoms with E-state index in [9.17, 15) is 4.79 Å². The van der Waals surface area contributed by atoms with E-state index in [1.807, 2.05) is 37.7 Å². The van der Waals surface area contributed by atoms with Crippen LogP contribution >= 0.6 is 11.3 Å². The van der Waals surface area contributed by atoms with Crippen LogP contribution in [0.25, 0.3) is 6.08 Å². The third kappa shape index (κ3) is 9.76. The molecule has 0 atom stereocenters. The Morgan fingerprint density at radius 2 is 1.98 bits per heavy atom. The third-order valence-electron chi connectivity index (χ3n) is 7.66. The summed E-state index contributed by atoms with van der Waals surface area (Å²) >= 11 is 1.62. The minimum absolute atomic E-state index is 0.00280. The van der Waals surface area contributed by atoms with Gasteiger partial charge in [0, 0.05) is 67.3 Å². The van der Waals surface area contributed by atoms with Crippen LogP contribution in [0.3, 0.4) is 0 Å². The Bertz CT molecular complexity index is 1300. The standard InChI is InChI=1S/C29H42N4O.C6H7NS/c1-5-18-33(28-14-7-6-11-23(28)2)20-9-13-25-15-16-26(22-27(25)30-4)29(34)31-17-10-21-32-19-8-12-24(32)3;1-3-6-5(2)7-4-8-6/h6-7,11,14-16,22,30H,3,5,8-10,12-13,17-21H2,1-2,4H3,(H,31,34);3-4H,1H2,2H3. The molecule has 3 aromatic rings. The first-order valence-electron chi connectivity index (χ1n) is 15.2. The summed E-state index contributed by atoms with van der Waals surface area (Å²) in [7, 11) is 1.93. The average Bonchev–Trinajstić information content (AvgIpc) is 3.62. The van der Waals surface area contributed by atoms with Crippen LogP contribution in [0.4, 0.5) is 11.4 Å². The van der Waals surface area contributed by atoms with Crippen molar-refractivity contribution >= 4 is 34.7 Å². The molecule has 1 aliphatic rings. The fourth-order valence-corrected chi connectivity index (χ4v) is 5.95. The second-order valence-corrected chi connectivity index (χ2v) is 11.7. The summed E-state index contributed by atoms with van der Waals surface area (Å²) in [5.41, 5.74) is 9.80. The summed E-state index contributed by atoms with van der Waals surface area (Å²) in [6.45, 7) is 19.0. The highest BCUT2D eigenvalue weighted by molar-refractivity contribution is 7.10. The lowest BCUT2D eigenvalue weighted by atomic mass is 10.0. The van der Waals surface area contributed by atoms with Gasteiger partial charge in [-0.15, -0.1) is 11.3 Å². The van der Waals surface area contributed by atoms with E-state index in [0.717, 1.165) is 69.7 Å². The van der Waals surface area contributed by atoms with E-state index >= 15 is 0 Å². The number of amides is 1. The quantitative estimate of drug-likeness (QED) is 0.189. The molecule has 6 nitrogen and oxygen atoms in total. The summed E-state index contributed by atoms with van der Waals surface area (Å²) in [4.78, 5) is 22.7. The molecule has 1 aromatic heterocycles. The molecular formula is C35H49N5OS. The summed E-state index contributed by atoms with van der Waals surface area (Å²) in [5.74, 6) is -0.00280. The van der Waals surface area contributed by atoms with Gasteiger partial charge in [-0.1, -0.05) is 50.4 Å². The van der Waals surface area contributed by atoms with Crippen LogP contribution in [-0.4, -0.2) is 55.6 Å². The number of nitrogens with zero attached hydrogens (tertiary/aromatic N) is 3. The lowest BCUT2D eigenvalue weighted by molar-refractivity contribution is 0.0952. The van der Waals surface area contributed by atoms with Crippen molar-refractivity contribution in [1.29, 1.82) is 0 Å². The van der Waals surface area contributed by atoms with Crippen molar-refractivity contribution in [2.75, 3.05) is 50.0 Å². The predicted molar refractivity (Wildman–Crippen MR) is 182 cm³/mol. The number of carbonyl (C=O) groups is 1. The van der Waals surface area contributed by atoms with E-state index in [1.165, 1.54) is 33.8 Å². The number of aryl methyl sites for hydroxylation is 3. The van der Waals surface area contributed by atoms with Gasteiger partial charge in [0.1, 0.15) is 0 Å². The normalized spacial score (nSPS) is 12.5. The largest absolute Gasteiger partial charge is 0.388 e. The van der Waals surface area contributed by atoms with E-state index in [2.05, 4.69) is 82.8 Å². The van der Waals surface area contributed by atoms with Crippen LogP contribution in [0.15, 0.2) is 66.8 Å². The van der Waals surface area contributed by atoms with Crippen LogP contribution in [0, 0.1) is 13.8 Å². The first-order valence-corrected chi connectivity index (χ1v) is 16.1. The average molecular weight is 588 g/mol. The van der Waals surface area contributed by atoms with Gasteiger partial charge in [-0.25, -0.2) is 4.98 Å². The maximum atomic E-state index is 12.7. The van der Waals surface area contributed by atoms with E-state index in [0.29, 0.717) is 12.1 Å². The molecule has 2 heterocycles. The molecule has 2 aromatic carbocycles. The number of carbonyl (C=O) groups excluding carboxylic acids is 1. The number of benzene rings is 2. The zero-order valence-corrected chi connectivity index (χ0v) is 26.9. The number of para-hydroxylation sites is 1. The van der Waals surface area contributed by atoms with E-state index in [4.69, 9.17) is 0 Å². The highest BCUT2D eigenvalue weighted by Crippen LogP contribution is 2.23. The van der Waals surface area contributed by atoms with Crippen molar-refractivity contribution in [1.82, 2.24) is 15.2 Å². The predicted octanol–water partition coefficient (Wildman–Crippen LogP) is 7.71. The van der Waals surface area contributed by atoms with Gasteiger partial charge >= 0.3 is 0 Å². The lowest BCUT2D eigenvalue weighted by Crippen LogP contribution is -2.28. The molecule has 1 saturated heterocycles. The Hall–Kier alpha value is -3.58. The number of hydrogen-bond acceptors (Lipinski definition) is 6. The molecule has 42 heavy (non-hydrogen) atoms. The highest BCUT2D eigenvalue weighted by atomic mass is 32.1. The van der Waals surface area contributed by atoms with Gasteiger partial charge < -0.3 is 20.4 Å². The van der Waals surface area contributed by atoms with Gasteiger partial charge in [0.05, 0.1) is 11.2 Å². The SMILES string of the molecule is C=C1CCCN1CCCNC(=O)c1ccc(CCCN(CCC)c2ccccc2C)c(NC)c1.C=Cc1scnc1C. The first kappa shape index (κ1) is 32.9. The van der Waals surface area contributed by atoms with Gasteiger partial charge in [0.15, 0.2) is 0 Å². The molecule has 4 rings (SSSR count). The number of hydrogen-bond donors (Lipinski definition) is 2. The summed E-state index contributed by atoms with van der Waals surface area (Å²) in [6.07, 6.45) is 8.25. The van der Waals surface area contributed by atoms with Crippen molar-refractivity contribution < 1.29 is 4.79 Å². The minimum Gasteiger partial charge on any atom is -0.388 e. The monoisotopic (exact) mass is 587 g/mol. The topological polar surface area (TPSA) is 60.5 Å². The summed E-state index contributed by atoms with van der Waals surface area (Å²) < 4.78 is 0. The van der Waals surface area contributed by atoms with Gasteiger partial charge in [-0.3, -0.25) is 4.79 Å². The zero-order chi connectivity index (χ0) is 30.3. The number of thiazole rings is 1. The van der Waals surface area contributed by atoms with Gasteiger partial charge in [0.2, 0.25) is 0 Å². The molecule has 0 aliphatic carbocycles. The summed E-state index contributed by atoms with van der Waals surface area (Å²) in [5, 5.41) is 6.37. The van der Waals surface area contributed by atoms with Crippen molar-refractivity contribution in [3.05, 3.63) is 94.1 Å². The minimum atomic E-state index is -0.00280. The lowest BCUT2D eigenvalue weighted by Gasteiger charge is -2.26. The molecule has 1 fully saturated rings. The summed E-state index contributed by atoms with van der Waals surface area (Å²) in [6, 6.07) is 14.7. The smallest absolute Gasteiger partial charge is 0.251 e. The molecular weight excluding hydrogens is 538 g/mol. The highest BCUT2D eigenvalue weighted by Gasteiger charge is 2.15. The molecule has 0 radical (unpaired) electrons. The Labute approximate surface area is 257 Å². The molecule has 2 N–H and O–H groups in total. The van der Waals surface area contributed by atoms with Gasteiger partial charge in [-0.2, -0.15) is 0 Å². The van der Waals surface area contributed by atoms with Crippen LogP contribution in [-0.2, 0) is 6.42 Å². The third-order valence-corrected chi connectivity index (χ3v) is 8.59. The molecule has 0 spiro atoms.